The summed E-state index contributed by atoms with van der Waals surface area (Å²) in [6.45, 7) is 7.16. The minimum Gasteiger partial charge on any atom is -0.497 e. The zero-order valence-corrected chi connectivity index (χ0v) is 24.5. The number of methoxy groups -OCH3 is 2. The largest absolute Gasteiger partial charge is 0.497 e. The number of benzene rings is 3. The molecule has 41 heavy (non-hydrogen) atoms. The van der Waals surface area contributed by atoms with Crippen LogP contribution in [0.4, 0.5) is 11.4 Å². The first kappa shape index (κ1) is 28.4. The number of aryl methyl sites for hydroxylation is 2. The Hall–Kier alpha value is -4.17. The van der Waals surface area contributed by atoms with Crippen LogP contribution in [0.25, 0.3) is 11.0 Å². The minimum absolute atomic E-state index is 0.0241. The molecule has 214 valence electrons. The van der Waals surface area contributed by atoms with E-state index in [1.54, 1.807) is 19.1 Å². The Bertz CT molecular complexity index is 1560. The van der Waals surface area contributed by atoms with E-state index in [4.69, 9.17) is 14.5 Å². The monoisotopic (exact) mass is 554 g/mol. The van der Waals surface area contributed by atoms with Gasteiger partial charge in [0.1, 0.15) is 18.1 Å². The highest BCUT2D eigenvalue weighted by Crippen LogP contribution is 2.35. The van der Waals surface area contributed by atoms with Gasteiger partial charge in [0, 0.05) is 37.7 Å². The molecule has 5 rings (SSSR count). The van der Waals surface area contributed by atoms with Crippen LogP contribution in [0.2, 0.25) is 0 Å². The minimum atomic E-state index is -0.172. The smallest absolute Gasteiger partial charge is 0.247 e. The van der Waals surface area contributed by atoms with Gasteiger partial charge in [0.05, 0.1) is 36.5 Å². The maximum absolute atomic E-state index is 14.3. The number of carbonyl (C=O) groups excluding carboxylic acids is 2. The van der Waals surface area contributed by atoms with E-state index in [0.29, 0.717) is 25.3 Å². The van der Waals surface area contributed by atoms with Gasteiger partial charge >= 0.3 is 0 Å². The van der Waals surface area contributed by atoms with Crippen molar-refractivity contribution in [2.24, 2.45) is 0 Å². The molecule has 8 heteroatoms. The van der Waals surface area contributed by atoms with E-state index in [1.807, 2.05) is 84.0 Å². The lowest BCUT2D eigenvalue weighted by Gasteiger charge is -2.32. The number of rotatable bonds is 10. The summed E-state index contributed by atoms with van der Waals surface area (Å²) in [6.07, 6.45) is 1.13. The molecule has 0 spiro atoms. The van der Waals surface area contributed by atoms with E-state index in [9.17, 15) is 9.59 Å². The van der Waals surface area contributed by atoms with E-state index in [0.717, 1.165) is 45.8 Å². The average Bonchev–Trinajstić information content (AvgIpc) is 3.54. The molecule has 1 aliphatic rings. The average molecular weight is 555 g/mol. The van der Waals surface area contributed by atoms with Crippen LogP contribution in [0, 0.1) is 6.92 Å². The first-order chi connectivity index (χ1) is 19.9. The number of amides is 2. The van der Waals surface area contributed by atoms with E-state index in [2.05, 4.69) is 13.0 Å². The zero-order chi connectivity index (χ0) is 29.1. The maximum Gasteiger partial charge on any atom is 0.247 e. The number of hydrogen-bond acceptors (Lipinski definition) is 5. The van der Waals surface area contributed by atoms with Crippen molar-refractivity contribution in [1.29, 1.82) is 0 Å². The molecule has 0 aliphatic carbocycles. The molecule has 8 nitrogen and oxygen atoms in total. The SMILES string of the molecule is CCc1cccc(C)c1N(C(=O)Cn1c(C2CC(=O)N(c3cccc(OC)c3)C2)nc2ccccc21)C(C)COC. The Balaban J connectivity index is 1.53. The van der Waals surface area contributed by atoms with Crippen LogP contribution in [0.3, 0.4) is 0 Å². The Labute approximate surface area is 241 Å². The van der Waals surface area contributed by atoms with Gasteiger partial charge < -0.3 is 23.8 Å². The molecule has 1 saturated heterocycles. The van der Waals surface area contributed by atoms with Gasteiger partial charge in [-0.15, -0.1) is 0 Å². The third-order valence-electron chi connectivity index (χ3n) is 7.89. The fourth-order valence-electron chi connectivity index (χ4n) is 5.95. The Morgan fingerprint density at radius 1 is 1.10 bits per heavy atom. The van der Waals surface area contributed by atoms with Crippen LogP contribution in [0.15, 0.2) is 66.7 Å². The summed E-state index contributed by atoms with van der Waals surface area (Å²) in [5.41, 5.74) is 5.59. The van der Waals surface area contributed by atoms with Gasteiger partial charge in [-0.3, -0.25) is 9.59 Å². The van der Waals surface area contributed by atoms with Crippen molar-refractivity contribution in [3.05, 3.63) is 83.7 Å². The summed E-state index contributed by atoms with van der Waals surface area (Å²) >= 11 is 0. The van der Waals surface area contributed by atoms with Gasteiger partial charge in [-0.1, -0.05) is 43.3 Å². The molecule has 0 bridgehead atoms. The molecule has 2 atom stereocenters. The molecule has 2 heterocycles. The number of ether oxygens (including phenoxy) is 2. The summed E-state index contributed by atoms with van der Waals surface area (Å²) in [5.74, 6) is 1.26. The molecule has 0 N–H and O–H groups in total. The summed E-state index contributed by atoms with van der Waals surface area (Å²) in [4.78, 5) is 36.2. The van der Waals surface area contributed by atoms with Gasteiger partial charge in [-0.25, -0.2) is 4.98 Å². The fourth-order valence-corrected chi connectivity index (χ4v) is 5.95. The molecular weight excluding hydrogens is 516 g/mol. The second kappa shape index (κ2) is 12.1. The number of carbonyl (C=O) groups is 2. The van der Waals surface area contributed by atoms with Crippen molar-refractivity contribution in [1.82, 2.24) is 9.55 Å². The van der Waals surface area contributed by atoms with Gasteiger partial charge in [-0.2, -0.15) is 0 Å². The lowest BCUT2D eigenvalue weighted by molar-refractivity contribution is -0.120. The molecule has 4 aromatic rings. The molecule has 1 aromatic heterocycles. The number of para-hydroxylation sites is 3. The van der Waals surface area contributed by atoms with E-state index >= 15 is 0 Å². The number of nitrogens with zero attached hydrogens (tertiary/aromatic N) is 4. The molecule has 2 unspecified atom stereocenters. The van der Waals surface area contributed by atoms with Crippen LogP contribution in [0.5, 0.6) is 5.75 Å². The van der Waals surface area contributed by atoms with Crippen molar-refractivity contribution in [3.8, 4) is 5.75 Å². The van der Waals surface area contributed by atoms with Crippen LogP contribution in [-0.2, 0) is 27.3 Å². The Kier molecular flexibility index (Phi) is 8.40. The zero-order valence-electron chi connectivity index (χ0n) is 24.5. The third-order valence-corrected chi connectivity index (χ3v) is 7.89. The molecule has 2 amide bonds. The number of anilines is 2. The van der Waals surface area contributed by atoms with Crippen LogP contribution < -0.4 is 14.5 Å². The van der Waals surface area contributed by atoms with Crippen LogP contribution >= 0.6 is 0 Å². The lowest BCUT2D eigenvalue weighted by atomic mass is 10.0. The molecular formula is C33H38N4O4. The van der Waals surface area contributed by atoms with Crippen LogP contribution in [0.1, 0.15) is 43.1 Å². The third kappa shape index (κ3) is 5.57. The van der Waals surface area contributed by atoms with Gasteiger partial charge in [0.2, 0.25) is 11.8 Å². The normalized spacial score (nSPS) is 15.9. The Morgan fingerprint density at radius 2 is 1.88 bits per heavy atom. The number of fused-ring (bicyclic) bond motifs is 1. The molecule has 1 aliphatic heterocycles. The fraction of sp³-hybridized carbons (Fsp3) is 0.364. The van der Waals surface area contributed by atoms with Gasteiger partial charge in [0.25, 0.3) is 0 Å². The van der Waals surface area contributed by atoms with Crippen molar-refractivity contribution in [2.45, 2.75) is 52.1 Å². The van der Waals surface area contributed by atoms with Gasteiger partial charge in [-0.05, 0) is 55.7 Å². The highest BCUT2D eigenvalue weighted by Gasteiger charge is 2.36. The number of aromatic nitrogens is 2. The Morgan fingerprint density at radius 3 is 2.63 bits per heavy atom. The highest BCUT2D eigenvalue weighted by molar-refractivity contribution is 5.98. The quantitative estimate of drug-likeness (QED) is 0.259. The predicted octanol–water partition coefficient (Wildman–Crippen LogP) is 5.50. The van der Waals surface area contributed by atoms with E-state index in [1.165, 1.54) is 0 Å². The van der Waals surface area contributed by atoms with Crippen molar-refractivity contribution in [2.75, 3.05) is 37.2 Å². The first-order valence-electron chi connectivity index (χ1n) is 14.1. The molecule has 0 radical (unpaired) electrons. The molecule has 1 fully saturated rings. The molecule has 0 saturated carbocycles. The number of hydrogen-bond donors (Lipinski definition) is 0. The second-order valence-corrected chi connectivity index (χ2v) is 10.7. The van der Waals surface area contributed by atoms with Crippen molar-refractivity contribution < 1.29 is 19.1 Å². The standard InChI is InChI=1S/C33H38N4O4/c1-6-24-12-9-11-22(2)32(24)37(23(3)21-40-4)31(39)20-36-29-16-8-7-15-28(29)34-33(36)25-17-30(38)35(19-25)26-13-10-14-27(18-26)41-5/h7-16,18,23,25H,6,17,19-21H2,1-5H3. The number of imidazole rings is 1. The van der Waals surface area contributed by atoms with Crippen LogP contribution in [-0.4, -0.2) is 54.8 Å². The summed E-state index contributed by atoms with van der Waals surface area (Å²) in [6, 6.07) is 21.4. The van der Waals surface area contributed by atoms with Gasteiger partial charge in [0.15, 0.2) is 0 Å². The predicted molar refractivity (Wildman–Crippen MR) is 162 cm³/mol. The van der Waals surface area contributed by atoms with Crippen molar-refractivity contribution in [3.63, 3.8) is 0 Å². The van der Waals surface area contributed by atoms with E-state index in [-0.39, 0.29) is 30.3 Å². The topological polar surface area (TPSA) is 76.9 Å². The van der Waals surface area contributed by atoms with Crippen molar-refractivity contribution >= 4 is 34.2 Å². The summed E-state index contributed by atoms with van der Waals surface area (Å²) in [7, 11) is 3.27. The second-order valence-electron chi connectivity index (χ2n) is 10.7. The first-order valence-corrected chi connectivity index (χ1v) is 14.1. The summed E-state index contributed by atoms with van der Waals surface area (Å²) < 4.78 is 12.9. The van der Waals surface area contributed by atoms with E-state index < -0.39 is 0 Å². The summed E-state index contributed by atoms with van der Waals surface area (Å²) in [5, 5.41) is 0. The molecule has 3 aromatic carbocycles. The lowest BCUT2D eigenvalue weighted by Crippen LogP contribution is -2.44. The highest BCUT2D eigenvalue weighted by atomic mass is 16.5. The maximum atomic E-state index is 14.3.